The van der Waals surface area contributed by atoms with Gasteiger partial charge in [0, 0.05) is 17.3 Å². The molecule has 0 radical (unpaired) electrons. The van der Waals surface area contributed by atoms with Crippen molar-refractivity contribution in [1.82, 2.24) is 4.90 Å². The first-order valence-electron chi connectivity index (χ1n) is 6.87. The molecular formula is C17H15NO3S. The number of para-hydroxylation sites is 1. The Balaban J connectivity index is 1.93. The van der Waals surface area contributed by atoms with Gasteiger partial charge in [-0.05, 0) is 36.1 Å². The Hall–Kier alpha value is -2.40. The standard InChI is InChI=1S/C17H15NO3S/c1-11-7-8-22-15(11)10-18(2)16(19)13-9-12-5-3-4-6-14(12)21-17(13)20/h3-9H,10H2,1-2H3. The summed E-state index contributed by atoms with van der Waals surface area (Å²) in [6.45, 7) is 2.49. The summed E-state index contributed by atoms with van der Waals surface area (Å²) in [4.78, 5) is 27.2. The second kappa shape index (κ2) is 5.77. The summed E-state index contributed by atoms with van der Waals surface area (Å²) in [7, 11) is 1.69. The highest BCUT2D eigenvalue weighted by Crippen LogP contribution is 2.19. The molecule has 3 aromatic rings. The van der Waals surface area contributed by atoms with Crippen molar-refractivity contribution in [2.45, 2.75) is 13.5 Å². The zero-order valence-electron chi connectivity index (χ0n) is 12.3. The molecule has 0 aliphatic heterocycles. The Kier molecular flexibility index (Phi) is 3.81. The molecule has 0 unspecified atom stereocenters. The predicted octanol–water partition coefficient (Wildman–Crippen LogP) is 3.44. The van der Waals surface area contributed by atoms with Crippen LogP contribution in [-0.4, -0.2) is 17.9 Å². The highest BCUT2D eigenvalue weighted by Gasteiger charge is 2.18. The summed E-state index contributed by atoms with van der Waals surface area (Å²) in [6, 6.07) is 10.8. The summed E-state index contributed by atoms with van der Waals surface area (Å²) in [5, 5.41) is 2.74. The molecule has 0 spiro atoms. The molecule has 22 heavy (non-hydrogen) atoms. The van der Waals surface area contributed by atoms with Crippen LogP contribution in [0, 0.1) is 6.92 Å². The minimum absolute atomic E-state index is 0.0652. The van der Waals surface area contributed by atoms with Gasteiger partial charge >= 0.3 is 5.63 Å². The van der Waals surface area contributed by atoms with Gasteiger partial charge in [-0.1, -0.05) is 18.2 Å². The van der Waals surface area contributed by atoms with Crippen LogP contribution in [0.25, 0.3) is 11.0 Å². The maximum Gasteiger partial charge on any atom is 0.349 e. The van der Waals surface area contributed by atoms with Crippen LogP contribution in [0.1, 0.15) is 20.8 Å². The average molecular weight is 313 g/mol. The monoisotopic (exact) mass is 313 g/mol. The number of fused-ring (bicyclic) bond motifs is 1. The van der Waals surface area contributed by atoms with Crippen LogP contribution in [0.3, 0.4) is 0 Å². The third-order valence-electron chi connectivity index (χ3n) is 3.57. The van der Waals surface area contributed by atoms with Crippen LogP contribution in [0.5, 0.6) is 0 Å². The Labute approximate surface area is 131 Å². The third-order valence-corrected chi connectivity index (χ3v) is 4.58. The molecule has 0 bridgehead atoms. The molecule has 0 aliphatic rings. The van der Waals surface area contributed by atoms with Crippen molar-refractivity contribution >= 4 is 28.2 Å². The van der Waals surface area contributed by atoms with E-state index < -0.39 is 5.63 Å². The summed E-state index contributed by atoms with van der Waals surface area (Å²) < 4.78 is 5.22. The second-order valence-corrected chi connectivity index (χ2v) is 6.17. The molecule has 0 saturated heterocycles. The fourth-order valence-electron chi connectivity index (χ4n) is 2.27. The molecule has 112 valence electrons. The number of rotatable bonds is 3. The molecule has 1 aromatic carbocycles. The molecule has 0 N–H and O–H groups in total. The van der Waals surface area contributed by atoms with E-state index in [1.807, 2.05) is 30.5 Å². The highest BCUT2D eigenvalue weighted by atomic mass is 32.1. The van der Waals surface area contributed by atoms with E-state index >= 15 is 0 Å². The van der Waals surface area contributed by atoms with Crippen molar-refractivity contribution < 1.29 is 9.21 Å². The first kappa shape index (κ1) is 14.5. The number of amides is 1. The summed E-state index contributed by atoms with van der Waals surface area (Å²) in [5.41, 5.74) is 1.10. The molecule has 2 aromatic heterocycles. The van der Waals surface area contributed by atoms with Crippen LogP contribution in [0.2, 0.25) is 0 Å². The normalized spacial score (nSPS) is 10.8. The van der Waals surface area contributed by atoms with E-state index in [1.165, 1.54) is 0 Å². The summed E-state index contributed by atoms with van der Waals surface area (Å²) >= 11 is 1.60. The smallest absolute Gasteiger partial charge is 0.349 e. The summed E-state index contributed by atoms with van der Waals surface area (Å²) in [6.07, 6.45) is 0. The molecule has 2 heterocycles. The van der Waals surface area contributed by atoms with Gasteiger partial charge in [0.05, 0.1) is 6.54 Å². The number of thiophene rings is 1. The Morgan fingerprint density at radius 3 is 2.77 bits per heavy atom. The largest absolute Gasteiger partial charge is 0.422 e. The Morgan fingerprint density at radius 2 is 2.05 bits per heavy atom. The van der Waals surface area contributed by atoms with Gasteiger partial charge in [-0.25, -0.2) is 4.79 Å². The Bertz CT molecular complexity index is 894. The molecule has 4 nitrogen and oxygen atoms in total. The van der Waals surface area contributed by atoms with Gasteiger partial charge in [-0.3, -0.25) is 4.79 Å². The van der Waals surface area contributed by atoms with Crippen molar-refractivity contribution in [3.8, 4) is 0 Å². The van der Waals surface area contributed by atoms with E-state index in [0.29, 0.717) is 12.1 Å². The fourth-order valence-corrected chi connectivity index (χ4v) is 3.23. The van der Waals surface area contributed by atoms with E-state index in [9.17, 15) is 9.59 Å². The predicted molar refractivity (Wildman–Crippen MR) is 87.3 cm³/mol. The summed E-state index contributed by atoms with van der Waals surface area (Å²) in [5.74, 6) is -0.327. The maximum absolute atomic E-state index is 12.5. The molecule has 0 atom stereocenters. The van der Waals surface area contributed by atoms with Gasteiger partial charge in [0.1, 0.15) is 11.1 Å². The minimum atomic E-state index is -0.599. The van der Waals surface area contributed by atoms with E-state index in [1.54, 1.807) is 41.5 Å². The lowest BCUT2D eigenvalue weighted by atomic mass is 10.1. The molecule has 5 heteroatoms. The number of hydrogen-bond acceptors (Lipinski definition) is 4. The van der Waals surface area contributed by atoms with Gasteiger partial charge in [0.2, 0.25) is 0 Å². The quantitative estimate of drug-likeness (QED) is 0.696. The first-order valence-corrected chi connectivity index (χ1v) is 7.75. The number of aryl methyl sites for hydroxylation is 1. The SMILES string of the molecule is Cc1ccsc1CN(C)C(=O)c1cc2ccccc2oc1=O. The van der Waals surface area contributed by atoms with Crippen LogP contribution >= 0.6 is 11.3 Å². The zero-order chi connectivity index (χ0) is 15.7. The molecule has 1 amide bonds. The number of nitrogens with zero attached hydrogens (tertiary/aromatic N) is 1. The number of benzene rings is 1. The number of carbonyl (C=O) groups excluding carboxylic acids is 1. The second-order valence-electron chi connectivity index (χ2n) is 5.17. The minimum Gasteiger partial charge on any atom is -0.422 e. The van der Waals surface area contributed by atoms with Gasteiger partial charge in [0.25, 0.3) is 5.91 Å². The number of hydrogen-bond donors (Lipinski definition) is 0. The van der Waals surface area contributed by atoms with Crippen molar-refractivity contribution in [2.24, 2.45) is 0 Å². The fraction of sp³-hybridized carbons (Fsp3) is 0.176. The van der Waals surface area contributed by atoms with E-state index in [2.05, 4.69) is 0 Å². The molecule has 0 fully saturated rings. The molecule has 0 saturated carbocycles. The van der Waals surface area contributed by atoms with Crippen molar-refractivity contribution in [3.05, 3.63) is 68.2 Å². The van der Waals surface area contributed by atoms with E-state index in [0.717, 1.165) is 15.8 Å². The first-order chi connectivity index (χ1) is 10.6. The molecule has 3 rings (SSSR count). The van der Waals surface area contributed by atoms with Crippen molar-refractivity contribution in [1.29, 1.82) is 0 Å². The van der Waals surface area contributed by atoms with E-state index in [4.69, 9.17) is 4.42 Å². The van der Waals surface area contributed by atoms with Gasteiger partial charge in [0.15, 0.2) is 0 Å². The number of carbonyl (C=O) groups is 1. The van der Waals surface area contributed by atoms with Gasteiger partial charge in [-0.2, -0.15) is 0 Å². The zero-order valence-corrected chi connectivity index (χ0v) is 13.1. The highest BCUT2D eigenvalue weighted by molar-refractivity contribution is 7.10. The van der Waals surface area contributed by atoms with Crippen LogP contribution in [0.15, 0.2) is 51.0 Å². The van der Waals surface area contributed by atoms with Gasteiger partial charge in [-0.15, -0.1) is 11.3 Å². The third kappa shape index (κ3) is 2.67. The Morgan fingerprint density at radius 1 is 1.27 bits per heavy atom. The average Bonchev–Trinajstić information content (AvgIpc) is 2.91. The van der Waals surface area contributed by atoms with Crippen LogP contribution < -0.4 is 5.63 Å². The topological polar surface area (TPSA) is 50.5 Å². The lowest BCUT2D eigenvalue weighted by molar-refractivity contribution is 0.0782. The lowest BCUT2D eigenvalue weighted by Gasteiger charge is -2.16. The van der Waals surface area contributed by atoms with Crippen LogP contribution in [-0.2, 0) is 6.54 Å². The van der Waals surface area contributed by atoms with Crippen LogP contribution in [0.4, 0.5) is 0 Å². The molecular weight excluding hydrogens is 298 g/mol. The van der Waals surface area contributed by atoms with Gasteiger partial charge < -0.3 is 9.32 Å². The van der Waals surface area contributed by atoms with Crippen molar-refractivity contribution in [3.63, 3.8) is 0 Å². The molecule has 0 aliphatic carbocycles. The van der Waals surface area contributed by atoms with Crippen molar-refractivity contribution in [2.75, 3.05) is 7.05 Å². The maximum atomic E-state index is 12.5. The lowest BCUT2D eigenvalue weighted by Crippen LogP contribution is -2.30. The van der Waals surface area contributed by atoms with E-state index in [-0.39, 0.29) is 11.5 Å².